The molecule has 4 aromatic rings. The highest BCUT2D eigenvalue weighted by Crippen LogP contribution is 2.35. The standard InChI is InChI=1S/C33H32F3NO4/c1-2-5-31(38)41-37-21-28(27-6-3-4-7-29(27)37)32(39)25-14-16-26(17-15-25)40-30(18-19-33(34,35)36)24-12-10-23(11-13-24)20-22-8-9-22/h3-4,6-7,10-17,21-22,30H,2,5,8-9,18-20H2,1H3. The van der Waals surface area contributed by atoms with E-state index in [2.05, 4.69) is 0 Å². The Morgan fingerprint density at radius 2 is 1.68 bits per heavy atom. The Labute approximate surface area is 236 Å². The largest absolute Gasteiger partial charge is 0.486 e. The third-order valence-corrected chi connectivity index (χ3v) is 7.23. The fourth-order valence-electron chi connectivity index (χ4n) is 4.88. The van der Waals surface area contributed by atoms with E-state index in [9.17, 15) is 22.8 Å². The van der Waals surface area contributed by atoms with E-state index in [1.54, 1.807) is 48.5 Å². The Morgan fingerprint density at radius 3 is 2.34 bits per heavy atom. The smallest absolute Gasteiger partial charge is 0.389 e. The highest BCUT2D eigenvalue weighted by atomic mass is 19.4. The molecule has 0 aliphatic heterocycles. The summed E-state index contributed by atoms with van der Waals surface area (Å²) in [6, 6.07) is 21.1. The molecule has 41 heavy (non-hydrogen) atoms. The third-order valence-electron chi connectivity index (χ3n) is 7.23. The van der Waals surface area contributed by atoms with Gasteiger partial charge in [0.1, 0.15) is 11.9 Å². The van der Waals surface area contributed by atoms with Crippen molar-refractivity contribution < 1.29 is 32.3 Å². The average molecular weight is 564 g/mol. The van der Waals surface area contributed by atoms with Crippen molar-refractivity contribution >= 4 is 22.7 Å². The first-order chi connectivity index (χ1) is 19.7. The number of aromatic nitrogens is 1. The number of hydrogen-bond acceptors (Lipinski definition) is 4. The number of nitrogens with zero attached hydrogens (tertiary/aromatic N) is 1. The number of halogens is 3. The van der Waals surface area contributed by atoms with Gasteiger partial charge in [0.15, 0.2) is 5.78 Å². The van der Waals surface area contributed by atoms with Gasteiger partial charge in [-0.1, -0.05) is 49.4 Å². The van der Waals surface area contributed by atoms with Gasteiger partial charge >= 0.3 is 12.1 Å². The van der Waals surface area contributed by atoms with Crippen molar-refractivity contribution in [1.29, 1.82) is 0 Å². The molecule has 8 heteroatoms. The molecule has 0 bridgehead atoms. The van der Waals surface area contributed by atoms with Gasteiger partial charge in [0.05, 0.1) is 17.3 Å². The van der Waals surface area contributed by atoms with Crippen molar-refractivity contribution in [3.63, 3.8) is 0 Å². The molecular formula is C33H32F3NO4. The maximum atomic E-state index is 13.4. The molecule has 0 spiro atoms. The molecule has 1 heterocycles. The van der Waals surface area contributed by atoms with Crippen LogP contribution in [0.15, 0.2) is 79.0 Å². The monoisotopic (exact) mass is 563 g/mol. The van der Waals surface area contributed by atoms with Crippen molar-refractivity contribution in [2.75, 3.05) is 0 Å². The molecule has 5 rings (SSSR count). The molecule has 0 N–H and O–H groups in total. The lowest BCUT2D eigenvalue weighted by Gasteiger charge is -2.21. The number of alkyl halides is 3. The zero-order valence-corrected chi connectivity index (χ0v) is 22.8. The van der Waals surface area contributed by atoms with Crippen molar-refractivity contribution in [3.05, 3.63) is 101 Å². The fourth-order valence-corrected chi connectivity index (χ4v) is 4.88. The van der Waals surface area contributed by atoms with Gasteiger partial charge in [-0.05, 0) is 79.5 Å². The normalized spacial score (nSPS) is 14.1. The molecule has 5 nitrogen and oxygen atoms in total. The molecule has 1 saturated carbocycles. The number of ketones is 1. The van der Waals surface area contributed by atoms with Crippen LogP contribution in [-0.4, -0.2) is 22.7 Å². The second kappa shape index (κ2) is 12.2. The van der Waals surface area contributed by atoms with Crippen molar-refractivity contribution in [3.8, 4) is 5.75 Å². The minimum atomic E-state index is -4.30. The minimum absolute atomic E-state index is 0.220. The zero-order valence-electron chi connectivity index (χ0n) is 22.8. The second-order valence-electron chi connectivity index (χ2n) is 10.6. The summed E-state index contributed by atoms with van der Waals surface area (Å²) in [4.78, 5) is 31.0. The van der Waals surface area contributed by atoms with Gasteiger partial charge in [-0.15, -0.1) is 0 Å². The molecule has 1 aliphatic rings. The Morgan fingerprint density at radius 1 is 0.976 bits per heavy atom. The number of carbonyl (C=O) groups excluding carboxylic acids is 2. The molecule has 1 aliphatic carbocycles. The first-order valence-electron chi connectivity index (χ1n) is 14.0. The molecule has 3 aromatic carbocycles. The lowest BCUT2D eigenvalue weighted by molar-refractivity contribution is -0.143. The van der Waals surface area contributed by atoms with E-state index in [-0.39, 0.29) is 18.6 Å². The number of hydrogen-bond donors (Lipinski definition) is 0. The van der Waals surface area contributed by atoms with Gasteiger partial charge in [-0.2, -0.15) is 17.9 Å². The summed E-state index contributed by atoms with van der Waals surface area (Å²) in [5, 5.41) is 0.638. The zero-order chi connectivity index (χ0) is 29.0. The maximum absolute atomic E-state index is 13.4. The molecule has 1 atom stereocenters. The predicted octanol–water partition coefficient (Wildman–Crippen LogP) is 8.04. The number of rotatable bonds is 12. The van der Waals surface area contributed by atoms with E-state index in [1.807, 2.05) is 31.2 Å². The number of benzene rings is 3. The maximum Gasteiger partial charge on any atom is 0.389 e. The van der Waals surface area contributed by atoms with Gasteiger partial charge in [0, 0.05) is 23.8 Å². The molecule has 0 amide bonds. The molecule has 0 radical (unpaired) electrons. The van der Waals surface area contributed by atoms with Crippen molar-refractivity contribution in [2.24, 2.45) is 5.92 Å². The van der Waals surface area contributed by atoms with E-state index in [1.165, 1.54) is 29.3 Å². The van der Waals surface area contributed by atoms with Gasteiger partial charge in [-0.25, -0.2) is 4.79 Å². The van der Waals surface area contributed by atoms with Crippen LogP contribution in [0.5, 0.6) is 5.75 Å². The van der Waals surface area contributed by atoms with Gasteiger partial charge in [-0.3, -0.25) is 4.79 Å². The lowest BCUT2D eigenvalue weighted by atomic mass is 10.0. The average Bonchev–Trinajstić information content (AvgIpc) is 3.70. The summed E-state index contributed by atoms with van der Waals surface area (Å²) < 4.78 is 46.6. The lowest BCUT2D eigenvalue weighted by Crippen LogP contribution is -2.18. The Balaban J connectivity index is 1.34. The Kier molecular flexibility index (Phi) is 8.47. The number of carbonyl (C=O) groups is 2. The first kappa shape index (κ1) is 28.5. The number of ether oxygens (including phenoxy) is 1. The van der Waals surface area contributed by atoms with Gasteiger partial charge < -0.3 is 9.57 Å². The summed E-state index contributed by atoms with van der Waals surface area (Å²) in [5.41, 5.74) is 3.19. The summed E-state index contributed by atoms with van der Waals surface area (Å²) in [6.07, 6.45) is -0.426. The Hall–Kier alpha value is -4.07. The number of fused-ring (bicyclic) bond motifs is 1. The van der Waals surface area contributed by atoms with E-state index in [0.29, 0.717) is 45.7 Å². The molecule has 1 fully saturated rings. The first-order valence-corrected chi connectivity index (χ1v) is 14.0. The number of para-hydroxylation sites is 1. The molecular weight excluding hydrogens is 531 g/mol. The SMILES string of the molecule is CCCC(=O)On1cc(C(=O)c2ccc(OC(CCC(F)(F)F)c3ccc(CC4CC4)cc3)cc2)c2ccccc21. The summed E-state index contributed by atoms with van der Waals surface area (Å²) >= 11 is 0. The predicted molar refractivity (Wildman–Crippen MR) is 150 cm³/mol. The van der Waals surface area contributed by atoms with E-state index >= 15 is 0 Å². The van der Waals surface area contributed by atoms with Crippen LogP contribution in [0.3, 0.4) is 0 Å². The van der Waals surface area contributed by atoms with Crippen LogP contribution in [-0.2, 0) is 11.2 Å². The summed E-state index contributed by atoms with van der Waals surface area (Å²) in [5.74, 6) is 0.406. The summed E-state index contributed by atoms with van der Waals surface area (Å²) in [7, 11) is 0. The molecule has 1 aromatic heterocycles. The van der Waals surface area contributed by atoms with Crippen LogP contribution in [0.1, 0.15) is 78.6 Å². The van der Waals surface area contributed by atoms with Crippen LogP contribution in [0.4, 0.5) is 13.2 Å². The fraction of sp³-hybridized carbons (Fsp3) is 0.333. The van der Waals surface area contributed by atoms with Crippen molar-refractivity contribution in [1.82, 2.24) is 4.73 Å². The van der Waals surface area contributed by atoms with Crippen LogP contribution >= 0.6 is 0 Å². The third kappa shape index (κ3) is 7.37. The van der Waals surface area contributed by atoms with E-state index in [0.717, 1.165) is 6.42 Å². The van der Waals surface area contributed by atoms with Crippen LogP contribution in [0, 0.1) is 5.92 Å². The van der Waals surface area contributed by atoms with Crippen LogP contribution < -0.4 is 9.57 Å². The molecule has 214 valence electrons. The van der Waals surface area contributed by atoms with Gasteiger partial charge in [0.25, 0.3) is 0 Å². The van der Waals surface area contributed by atoms with Gasteiger partial charge in [0.2, 0.25) is 0 Å². The Bertz CT molecular complexity index is 1500. The van der Waals surface area contributed by atoms with E-state index < -0.39 is 24.7 Å². The second-order valence-corrected chi connectivity index (χ2v) is 10.6. The topological polar surface area (TPSA) is 57.5 Å². The molecule has 0 saturated heterocycles. The quantitative estimate of drug-likeness (QED) is 0.164. The highest BCUT2D eigenvalue weighted by Gasteiger charge is 2.30. The highest BCUT2D eigenvalue weighted by molar-refractivity contribution is 6.16. The molecule has 1 unspecified atom stereocenters. The van der Waals surface area contributed by atoms with Crippen LogP contribution in [0.25, 0.3) is 10.9 Å². The minimum Gasteiger partial charge on any atom is -0.486 e. The van der Waals surface area contributed by atoms with Crippen LogP contribution in [0.2, 0.25) is 0 Å². The van der Waals surface area contributed by atoms with E-state index in [4.69, 9.17) is 9.57 Å². The summed E-state index contributed by atoms with van der Waals surface area (Å²) in [6.45, 7) is 1.88. The van der Waals surface area contributed by atoms with Crippen molar-refractivity contribution in [2.45, 2.75) is 64.1 Å².